The van der Waals surface area contributed by atoms with Crippen molar-refractivity contribution in [2.45, 2.75) is 44.7 Å². The van der Waals surface area contributed by atoms with Crippen molar-refractivity contribution in [2.75, 3.05) is 37.6 Å². The minimum Gasteiger partial charge on any atom is -0.371 e. The maximum atomic E-state index is 13.1. The van der Waals surface area contributed by atoms with E-state index in [0.29, 0.717) is 5.92 Å². The minimum absolute atomic E-state index is 0.0493. The molecule has 5 nitrogen and oxygen atoms in total. The SMILES string of the molecule is O=C(NCCC1CCN(Cc2ccccc2)CC1)NC1CCN(c2ccc(F)cc2)CC1. The monoisotopic (exact) mass is 438 g/mol. The van der Waals surface area contributed by atoms with Crippen LogP contribution in [-0.2, 0) is 6.54 Å². The number of piperidine rings is 2. The van der Waals surface area contributed by atoms with Crippen LogP contribution in [0.5, 0.6) is 0 Å². The van der Waals surface area contributed by atoms with Crippen molar-refractivity contribution < 1.29 is 9.18 Å². The highest BCUT2D eigenvalue weighted by Crippen LogP contribution is 2.22. The van der Waals surface area contributed by atoms with Gasteiger partial charge in [0, 0.05) is 37.9 Å². The van der Waals surface area contributed by atoms with Crippen LogP contribution in [0, 0.1) is 11.7 Å². The lowest BCUT2D eigenvalue weighted by molar-refractivity contribution is 0.171. The Bertz CT molecular complexity index is 829. The van der Waals surface area contributed by atoms with Crippen LogP contribution in [0.3, 0.4) is 0 Å². The Kier molecular flexibility index (Phi) is 7.99. The molecule has 0 spiro atoms. The lowest BCUT2D eigenvalue weighted by Gasteiger charge is -2.34. The van der Waals surface area contributed by atoms with Crippen molar-refractivity contribution in [3.05, 3.63) is 66.0 Å². The zero-order valence-electron chi connectivity index (χ0n) is 18.8. The molecule has 2 saturated heterocycles. The lowest BCUT2D eigenvalue weighted by atomic mass is 9.93. The van der Waals surface area contributed by atoms with Crippen molar-refractivity contribution in [2.24, 2.45) is 5.92 Å². The van der Waals surface area contributed by atoms with Gasteiger partial charge in [0.25, 0.3) is 0 Å². The molecule has 2 aromatic carbocycles. The van der Waals surface area contributed by atoms with Crippen molar-refractivity contribution in [1.29, 1.82) is 0 Å². The van der Waals surface area contributed by atoms with E-state index in [1.54, 1.807) is 0 Å². The first-order chi connectivity index (χ1) is 15.7. The second kappa shape index (κ2) is 11.3. The maximum absolute atomic E-state index is 13.1. The summed E-state index contributed by atoms with van der Waals surface area (Å²) in [4.78, 5) is 17.1. The molecule has 4 rings (SSSR count). The maximum Gasteiger partial charge on any atom is 0.315 e. The number of nitrogens with one attached hydrogen (secondary N) is 2. The fourth-order valence-corrected chi connectivity index (χ4v) is 4.84. The largest absolute Gasteiger partial charge is 0.371 e. The first-order valence-corrected chi connectivity index (χ1v) is 12.0. The first kappa shape index (κ1) is 22.6. The van der Waals surface area contributed by atoms with E-state index < -0.39 is 0 Å². The number of anilines is 1. The van der Waals surface area contributed by atoms with Gasteiger partial charge in [-0.05, 0) is 80.9 Å². The summed E-state index contributed by atoms with van der Waals surface area (Å²) in [7, 11) is 0. The molecule has 0 aliphatic carbocycles. The van der Waals surface area contributed by atoms with E-state index in [1.807, 2.05) is 12.1 Å². The van der Waals surface area contributed by atoms with Crippen molar-refractivity contribution in [3.8, 4) is 0 Å². The Hall–Kier alpha value is -2.60. The van der Waals surface area contributed by atoms with Gasteiger partial charge in [-0.1, -0.05) is 30.3 Å². The average molecular weight is 439 g/mol. The topological polar surface area (TPSA) is 47.6 Å². The van der Waals surface area contributed by atoms with Crippen molar-refractivity contribution >= 4 is 11.7 Å². The number of nitrogens with zero attached hydrogens (tertiary/aromatic N) is 2. The quantitative estimate of drug-likeness (QED) is 0.674. The fraction of sp³-hybridized carbons (Fsp3) is 0.500. The summed E-state index contributed by atoms with van der Waals surface area (Å²) >= 11 is 0. The number of hydrogen-bond donors (Lipinski definition) is 2. The Morgan fingerprint density at radius 2 is 1.59 bits per heavy atom. The third-order valence-electron chi connectivity index (χ3n) is 6.82. The molecule has 0 unspecified atom stereocenters. The number of carbonyl (C=O) groups excluding carboxylic acids is 1. The van der Waals surface area contributed by atoms with Gasteiger partial charge in [-0.3, -0.25) is 4.90 Å². The predicted octanol–water partition coefficient (Wildman–Crippen LogP) is 4.40. The predicted molar refractivity (Wildman–Crippen MR) is 127 cm³/mol. The van der Waals surface area contributed by atoms with Gasteiger partial charge in [0.2, 0.25) is 0 Å². The molecular formula is C26H35FN4O. The van der Waals surface area contributed by atoms with Crippen LogP contribution >= 0.6 is 0 Å². The Morgan fingerprint density at radius 3 is 2.28 bits per heavy atom. The van der Waals surface area contributed by atoms with Gasteiger partial charge in [0.1, 0.15) is 5.82 Å². The Morgan fingerprint density at radius 1 is 0.906 bits per heavy atom. The van der Waals surface area contributed by atoms with Gasteiger partial charge < -0.3 is 15.5 Å². The smallest absolute Gasteiger partial charge is 0.315 e. The summed E-state index contributed by atoms with van der Waals surface area (Å²) in [5.74, 6) is 0.487. The van der Waals surface area contributed by atoms with Gasteiger partial charge in [-0.15, -0.1) is 0 Å². The molecule has 0 radical (unpaired) electrons. The molecule has 2 aliphatic heterocycles. The minimum atomic E-state index is -0.209. The number of amides is 2. The van der Waals surface area contributed by atoms with E-state index in [1.165, 1.54) is 30.5 Å². The molecule has 172 valence electrons. The molecule has 0 atom stereocenters. The Labute approximate surface area is 191 Å². The number of carbonyl (C=O) groups is 1. The van der Waals surface area contributed by atoms with Crippen LogP contribution in [0.2, 0.25) is 0 Å². The summed E-state index contributed by atoms with van der Waals surface area (Å²) in [5.41, 5.74) is 2.43. The van der Waals surface area contributed by atoms with Gasteiger partial charge in [-0.25, -0.2) is 9.18 Å². The zero-order valence-corrected chi connectivity index (χ0v) is 18.8. The molecule has 0 bridgehead atoms. The van der Waals surface area contributed by atoms with Gasteiger partial charge in [0.05, 0.1) is 0 Å². The van der Waals surface area contributed by atoms with Gasteiger partial charge in [0.15, 0.2) is 0 Å². The van der Waals surface area contributed by atoms with Crippen LogP contribution in [0.25, 0.3) is 0 Å². The highest BCUT2D eigenvalue weighted by molar-refractivity contribution is 5.74. The normalized spacial score (nSPS) is 18.5. The number of halogens is 1. The third kappa shape index (κ3) is 6.70. The van der Waals surface area contributed by atoms with Gasteiger partial charge >= 0.3 is 6.03 Å². The summed E-state index contributed by atoms with van der Waals surface area (Å²) in [6, 6.07) is 17.5. The molecule has 2 aliphatic rings. The number of likely N-dealkylation sites (tertiary alicyclic amines) is 1. The average Bonchev–Trinajstić information content (AvgIpc) is 2.82. The summed E-state index contributed by atoms with van der Waals surface area (Å²) < 4.78 is 13.1. The molecule has 2 fully saturated rings. The zero-order chi connectivity index (χ0) is 22.2. The number of benzene rings is 2. The second-order valence-corrected chi connectivity index (χ2v) is 9.13. The van der Waals surface area contributed by atoms with Crippen LogP contribution in [0.15, 0.2) is 54.6 Å². The summed E-state index contributed by atoms with van der Waals surface area (Å²) in [6.45, 7) is 5.80. The number of hydrogen-bond acceptors (Lipinski definition) is 3. The second-order valence-electron chi connectivity index (χ2n) is 9.13. The molecule has 2 N–H and O–H groups in total. The molecule has 0 aromatic heterocycles. The standard InChI is InChI=1S/C26H35FN4O/c27-23-6-8-25(9-7-23)31-18-13-24(14-19-31)29-26(32)28-15-10-21-11-16-30(17-12-21)20-22-4-2-1-3-5-22/h1-9,21,24H,10-20H2,(H2,28,29,32). The highest BCUT2D eigenvalue weighted by Gasteiger charge is 2.22. The van der Waals surface area contributed by atoms with E-state index in [2.05, 4.69) is 50.8 Å². The Balaban J connectivity index is 1.08. The number of rotatable bonds is 7. The van der Waals surface area contributed by atoms with E-state index in [9.17, 15) is 9.18 Å². The molecular weight excluding hydrogens is 403 g/mol. The molecule has 0 saturated carbocycles. The van der Waals surface area contributed by atoms with Crippen molar-refractivity contribution in [3.63, 3.8) is 0 Å². The van der Waals surface area contributed by atoms with Crippen LogP contribution in [0.1, 0.15) is 37.7 Å². The van der Waals surface area contributed by atoms with Crippen LogP contribution in [-0.4, -0.2) is 49.7 Å². The summed E-state index contributed by atoms with van der Waals surface area (Å²) in [5, 5.41) is 6.19. The van der Waals surface area contributed by atoms with E-state index in [-0.39, 0.29) is 17.9 Å². The highest BCUT2D eigenvalue weighted by atomic mass is 19.1. The van der Waals surface area contributed by atoms with Crippen molar-refractivity contribution in [1.82, 2.24) is 15.5 Å². The molecule has 32 heavy (non-hydrogen) atoms. The molecule has 2 aromatic rings. The first-order valence-electron chi connectivity index (χ1n) is 12.0. The van der Waals surface area contributed by atoms with Crippen LogP contribution in [0.4, 0.5) is 14.9 Å². The van der Waals surface area contributed by atoms with Crippen LogP contribution < -0.4 is 15.5 Å². The third-order valence-corrected chi connectivity index (χ3v) is 6.82. The lowest BCUT2D eigenvalue weighted by Crippen LogP contribution is -2.48. The molecule has 2 heterocycles. The summed E-state index contributed by atoms with van der Waals surface area (Å²) in [6.07, 6.45) is 5.28. The van der Waals surface area contributed by atoms with E-state index in [0.717, 1.165) is 64.2 Å². The number of urea groups is 1. The fourth-order valence-electron chi connectivity index (χ4n) is 4.84. The molecule has 2 amide bonds. The van der Waals surface area contributed by atoms with E-state index >= 15 is 0 Å². The van der Waals surface area contributed by atoms with Gasteiger partial charge in [-0.2, -0.15) is 0 Å². The van der Waals surface area contributed by atoms with E-state index in [4.69, 9.17) is 0 Å². The molecule has 6 heteroatoms.